The van der Waals surface area contributed by atoms with Gasteiger partial charge in [0.1, 0.15) is 11.9 Å². The number of likely N-dealkylation sites (tertiary alicyclic amines) is 1. The first kappa shape index (κ1) is 22.0. The lowest BCUT2D eigenvalue weighted by molar-refractivity contribution is -0.119. The second-order valence-corrected chi connectivity index (χ2v) is 9.10. The van der Waals surface area contributed by atoms with E-state index >= 15 is 0 Å². The number of rotatable bonds is 6. The Bertz CT molecular complexity index is 963. The van der Waals surface area contributed by atoms with E-state index in [2.05, 4.69) is 34.0 Å². The Labute approximate surface area is 192 Å². The topological polar surface area (TPSA) is 91.7 Å². The van der Waals surface area contributed by atoms with E-state index in [1.54, 1.807) is 0 Å². The number of ether oxygens (including phenoxy) is 1. The van der Waals surface area contributed by atoms with Gasteiger partial charge in [-0.25, -0.2) is 0 Å². The summed E-state index contributed by atoms with van der Waals surface area (Å²) in [6.45, 7) is 2.43. The van der Waals surface area contributed by atoms with Crippen LogP contribution in [0.2, 0.25) is 10.0 Å². The van der Waals surface area contributed by atoms with Crippen molar-refractivity contribution in [1.82, 2.24) is 10.2 Å². The van der Waals surface area contributed by atoms with Gasteiger partial charge in [-0.2, -0.15) is 0 Å². The van der Waals surface area contributed by atoms with E-state index < -0.39 is 5.91 Å². The molecule has 1 amide bonds. The van der Waals surface area contributed by atoms with Crippen molar-refractivity contribution in [3.05, 3.63) is 52.0 Å². The number of halogens is 2. The van der Waals surface area contributed by atoms with Crippen LogP contribution in [0, 0.1) is 0 Å². The minimum absolute atomic E-state index is 0.0298. The van der Waals surface area contributed by atoms with E-state index in [1.165, 1.54) is 0 Å². The Balaban J connectivity index is 1.59. The third kappa shape index (κ3) is 5.01. The molecule has 9 heteroatoms. The van der Waals surface area contributed by atoms with Crippen LogP contribution in [0.1, 0.15) is 18.4 Å². The maximum Gasteiger partial charge on any atom is 0.255 e. The largest absolute Gasteiger partial charge is 0.482 e. The molecule has 2 aliphatic heterocycles. The van der Waals surface area contributed by atoms with Crippen LogP contribution in [0.5, 0.6) is 5.75 Å². The summed E-state index contributed by atoms with van der Waals surface area (Å²) in [5, 5.41) is 12.2. The van der Waals surface area contributed by atoms with Gasteiger partial charge in [0.05, 0.1) is 21.9 Å². The van der Waals surface area contributed by atoms with Crippen molar-refractivity contribution in [2.45, 2.75) is 31.1 Å². The zero-order valence-corrected chi connectivity index (χ0v) is 18.9. The fourth-order valence-corrected chi connectivity index (χ4v) is 4.65. The molecule has 0 bridgehead atoms. The summed E-state index contributed by atoms with van der Waals surface area (Å²) in [4.78, 5) is 13.4. The van der Waals surface area contributed by atoms with Gasteiger partial charge in [-0.3, -0.25) is 10.1 Å². The maximum absolute atomic E-state index is 11.1. The smallest absolute Gasteiger partial charge is 0.255 e. The lowest BCUT2D eigenvalue weighted by Gasteiger charge is -2.50. The molecule has 166 valence electrons. The first-order valence-electron chi connectivity index (χ1n) is 10.3. The van der Waals surface area contributed by atoms with E-state index in [9.17, 15) is 4.79 Å². The molecule has 2 heterocycles. The van der Waals surface area contributed by atoms with Crippen LogP contribution >= 0.6 is 23.2 Å². The van der Waals surface area contributed by atoms with Crippen molar-refractivity contribution in [3.63, 3.8) is 0 Å². The molecule has 2 aromatic rings. The number of nitrogens with one attached hydrogen (secondary N) is 3. The van der Waals surface area contributed by atoms with Gasteiger partial charge in [0, 0.05) is 30.7 Å². The second-order valence-electron chi connectivity index (χ2n) is 8.26. The van der Waals surface area contributed by atoms with Crippen LogP contribution in [0.25, 0.3) is 0 Å². The third-order valence-electron chi connectivity index (χ3n) is 5.96. The molecule has 1 fully saturated rings. The molecular formula is C22H27Cl2N5O2. The van der Waals surface area contributed by atoms with Crippen LogP contribution in [0.3, 0.4) is 0 Å². The van der Waals surface area contributed by atoms with Gasteiger partial charge in [-0.05, 0) is 43.7 Å². The maximum atomic E-state index is 11.1. The lowest BCUT2D eigenvalue weighted by Crippen LogP contribution is -2.65. The first-order valence-corrected chi connectivity index (χ1v) is 11.1. The Kier molecular flexibility index (Phi) is 6.48. The highest BCUT2D eigenvalue weighted by molar-refractivity contribution is 6.32. The minimum Gasteiger partial charge on any atom is -0.482 e. The SMILES string of the molecule is CN1CCC2(CC1)Nc1cc(Cl)c(OCC(N)=O)cc1NC2NCc1cccc(Cl)c1. The summed E-state index contributed by atoms with van der Waals surface area (Å²) in [7, 11) is 2.14. The van der Waals surface area contributed by atoms with E-state index in [0.717, 1.165) is 47.9 Å². The number of nitrogens with zero attached hydrogens (tertiary/aromatic N) is 1. The Morgan fingerprint density at radius 1 is 1.26 bits per heavy atom. The third-order valence-corrected chi connectivity index (χ3v) is 6.49. The number of carbonyl (C=O) groups excluding carboxylic acids is 1. The minimum atomic E-state index is -0.550. The molecule has 2 aliphatic rings. The van der Waals surface area contributed by atoms with Crippen molar-refractivity contribution in [2.75, 3.05) is 37.4 Å². The van der Waals surface area contributed by atoms with Crippen LogP contribution < -0.4 is 26.4 Å². The molecule has 0 saturated carbocycles. The average molecular weight is 464 g/mol. The highest BCUT2D eigenvalue weighted by atomic mass is 35.5. The van der Waals surface area contributed by atoms with Crippen LogP contribution in [0.4, 0.5) is 11.4 Å². The number of hydrogen-bond donors (Lipinski definition) is 4. The molecule has 1 saturated heterocycles. The van der Waals surface area contributed by atoms with Gasteiger partial charge in [-0.15, -0.1) is 0 Å². The van der Waals surface area contributed by atoms with Crippen LogP contribution in [-0.4, -0.2) is 49.3 Å². The molecule has 2 aromatic carbocycles. The fraction of sp³-hybridized carbons (Fsp3) is 0.409. The fourth-order valence-electron chi connectivity index (χ4n) is 4.21. The highest BCUT2D eigenvalue weighted by Gasteiger charge is 2.44. The molecule has 1 spiro atoms. The average Bonchev–Trinajstić information content (AvgIpc) is 2.73. The van der Waals surface area contributed by atoms with Crippen LogP contribution in [0.15, 0.2) is 36.4 Å². The number of benzene rings is 2. The first-order chi connectivity index (χ1) is 14.8. The molecule has 1 unspecified atom stereocenters. The number of fused-ring (bicyclic) bond motifs is 1. The van der Waals surface area contributed by atoms with Gasteiger partial charge in [-0.1, -0.05) is 35.3 Å². The Morgan fingerprint density at radius 3 is 2.74 bits per heavy atom. The zero-order chi connectivity index (χ0) is 22.0. The van der Waals surface area contributed by atoms with Crippen molar-refractivity contribution in [2.24, 2.45) is 5.73 Å². The van der Waals surface area contributed by atoms with Gasteiger partial charge < -0.3 is 26.0 Å². The Morgan fingerprint density at radius 2 is 2.03 bits per heavy atom. The molecular weight excluding hydrogens is 437 g/mol. The van der Waals surface area contributed by atoms with E-state index in [4.69, 9.17) is 33.7 Å². The van der Waals surface area contributed by atoms with Gasteiger partial charge >= 0.3 is 0 Å². The van der Waals surface area contributed by atoms with Crippen molar-refractivity contribution >= 4 is 40.5 Å². The summed E-state index contributed by atoms with van der Waals surface area (Å²) in [6, 6.07) is 11.5. The van der Waals surface area contributed by atoms with Crippen molar-refractivity contribution in [1.29, 1.82) is 0 Å². The van der Waals surface area contributed by atoms with Crippen LogP contribution in [-0.2, 0) is 11.3 Å². The number of anilines is 2. The van der Waals surface area contributed by atoms with Gasteiger partial charge in [0.15, 0.2) is 6.61 Å². The zero-order valence-electron chi connectivity index (χ0n) is 17.4. The number of amides is 1. The number of piperidine rings is 1. The predicted molar refractivity (Wildman–Crippen MR) is 125 cm³/mol. The van der Waals surface area contributed by atoms with Gasteiger partial charge in [0.25, 0.3) is 5.91 Å². The Hall–Kier alpha value is -2.19. The number of nitrogens with two attached hydrogens (primary N) is 1. The second kappa shape index (κ2) is 9.12. The van der Waals surface area contributed by atoms with E-state index in [-0.39, 0.29) is 18.3 Å². The van der Waals surface area contributed by atoms with E-state index in [1.807, 2.05) is 30.3 Å². The normalized spacial score (nSPS) is 19.9. The predicted octanol–water partition coefficient (Wildman–Crippen LogP) is 3.28. The number of carbonyl (C=O) groups is 1. The lowest BCUT2D eigenvalue weighted by atomic mass is 9.82. The molecule has 31 heavy (non-hydrogen) atoms. The van der Waals surface area contributed by atoms with Crippen molar-refractivity contribution in [3.8, 4) is 5.75 Å². The highest BCUT2D eigenvalue weighted by Crippen LogP contribution is 2.42. The molecule has 4 rings (SSSR count). The number of primary amides is 1. The quantitative estimate of drug-likeness (QED) is 0.525. The van der Waals surface area contributed by atoms with E-state index in [0.29, 0.717) is 17.3 Å². The summed E-state index contributed by atoms with van der Waals surface area (Å²) >= 11 is 12.6. The van der Waals surface area contributed by atoms with Gasteiger partial charge in [0.2, 0.25) is 0 Å². The molecule has 0 aliphatic carbocycles. The summed E-state index contributed by atoms with van der Waals surface area (Å²) < 4.78 is 5.48. The molecule has 0 aromatic heterocycles. The summed E-state index contributed by atoms with van der Waals surface area (Å²) in [6.07, 6.45) is 1.92. The molecule has 5 N–H and O–H groups in total. The molecule has 0 radical (unpaired) electrons. The molecule has 7 nitrogen and oxygen atoms in total. The summed E-state index contributed by atoms with van der Waals surface area (Å²) in [5.74, 6) is -0.132. The summed E-state index contributed by atoms with van der Waals surface area (Å²) in [5.41, 5.74) is 7.92. The molecule has 1 atom stereocenters. The number of hydrogen-bond acceptors (Lipinski definition) is 6. The standard InChI is InChI=1S/C22H27Cl2N5O2/c1-29-7-5-22(6-8-29)21(26-12-14-3-2-4-15(23)9-14)27-17-11-19(31-13-20(25)30)16(24)10-18(17)28-22/h2-4,9-11,21,26-28H,5-8,12-13H2,1H3,(H2,25,30). The van der Waals surface area contributed by atoms with Crippen molar-refractivity contribution < 1.29 is 9.53 Å². The monoisotopic (exact) mass is 463 g/mol.